The molecule has 2 fully saturated rings. The molecule has 2 aliphatic rings. The molecule has 2 aliphatic heterocycles. The molecule has 20 heavy (non-hydrogen) atoms. The van der Waals surface area contributed by atoms with Crippen molar-refractivity contribution in [1.29, 1.82) is 0 Å². The highest BCUT2D eigenvalue weighted by Crippen LogP contribution is 2.32. The molecule has 2 bridgehead atoms. The number of rotatable bonds is 3. The second-order valence-electron chi connectivity index (χ2n) is 5.87. The Bertz CT molecular complexity index is 505. The molecule has 1 aromatic carbocycles. The van der Waals surface area contributed by atoms with Gasteiger partial charge in [-0.25, -0.2) is 4.39 Å². The van der Waals surface area contributed by atoms with Gasteiger partial charge in [-0.05, 0) is 43.9 Å². The van der Waals surface area contributed by atoms with E-state index in [0.717, 1.165) is 25.7 Å². The van der Waals surface area contributed by atoms with Gasteiger partial charge in [-0.15, -0.1) is 0 Å². The Morgan fingerprint density at radius 1 is 1.30 bits per heavy atom. The Labute approximate surface area is 118 Å². The Morgan fingerprint density at radius 3 is 2.60 bits per heavy atom. The van der Waals surface area contributed by atoms with Crippen LogP contribution in [-0.4, -0.2) is 25.0 Å². The van der Waals surface area contributed by atoms with Crippen molar-refractivity contribution in [3.05, 3.63) is 29.6 Å². The van der Waals surface area contributed by atoms with E-state index in [2.05, 4.69) is 5.32 Å². The lowest BCUT2D eigenvalue weighted by atomic mass is 9.77. The van der Waals surface area contributed by atoms with Gasteiger partial charge in [0.05, 0.1) is 7.11 Å². The number of fused-ring (bicyclic) bond motifs is 2. The van der Waals surface area contributed by atoms with Gasteiger partial charge in [0.2, 0.25) is 0 Å². The van der Waals surface area contributed by atoms with Crippen LogP contribution in [0.2, 0.25) is 0 Å². The van der Waals surface area contributed by atoms with E-state index in [9.17, 15) is 9.18 Å². The summed E-state index contributed by atoms with van der Waals surface area (Å²) in [5, 5.41) is 3.57. The van der Waals surface area contributed by atoms with E-state index >= 15 is 0 Å². The minimum absolute atomic E-state index is 0.0272. The zero-order chi connectivity index (χ0) is 14.1. The fraction of sp³-hybridized carbons (Fsp3) is 0.562. The third kappa shape index (κ3) is 2.57. The molecule has 0 aliphatic carbocycles. The van der Waals surface area contributed by atoms with Gasteiger partial charge in [0, 0.05) is 23.6 Å². The minimum Gasteiger partial charge on any atom is -0.494 e. The summed E-state index contributed by atoms with van der Waals surface area (Å²) in [7, 11) is 1.42. The maximum atomic E-state index is 13.7. The smallest absolute Gasteiger partial charge is 0.166 e. The van der Waals surface area contributed by atoms with Gasteiger partial charge in [-0.3, -0.25) is 4.79 Å². The second-order valence-corrected chi connectivity index (χ2v) is 5.87. The van der Waals surface area contributed by atoms with Crippen LogP contribution < -0.4 is 10.1 Å². The van der Waals surface area contributed by atoms with Gasteiger partial charge in [-0.2, -0.15) is 0 Å². The maximum Gasteiger partial charge on any atom is 0.166 e. The lowest BCUT2D eigenvalue weighted by Crippen LogP contribution is -2.50. The normalized spacial score (nSPS) is 29.0. The molecule has 1 N–H and O–H groups in total. The predicted octanol–water partition coefficient (Wildman–Crippen LogP) is 2.94. The number of piperidine rings is 2. The van der Waals surface area contributed by atoms with Crippen LogP contribution in [0.1, 0.15) is 42.5 Å². The van der Waals surface area contributed by atoms with Crippen LogP contribution in [0.5, 0.6) is 5.75 Å². The molecule has 1 aromatic rings. The topological polar surface area (TPSA) is 38.3 Å². The molecule has 3 nitrogen and oxygen atoms in total. The van der Waals surface area contributed by atoms with Gasteiger partial charge in [0.25, 0.3) is 0 Å². The highest BCUT2D eigenvalue weighted by molar-refractivity contribution is 5.98. The van der Waals surface area contributed by atoms with Crippen LogP contribution in [0.15, 0.2) is 18.2 Å². The van der Waals surface area contributed by atoms with Crippen molar-refractivity contribution in [2.24, 2.45) is 5.92 Å². The molecule has 2 saturated heterocycles. The van der Waals surface area contributed by atoms with E-state index in [1.807, 2.05) is 0 Å². The Hall–Kier alpha value is -1.42. The monoisotopic (exact) mass is 277 g/mol. The van der Waals surface area contributed by atoms with E-state index in [4.69, 9.17) is 4.74 Å². The number of Topliss-reactive ketones (excluding diaryl/α,β-unsaturated/α-hetero) is 1. The molecular weight excluding hydrogens is 257 g/mol. The van der Waals surface area contributed by atoms with Gasteiger partial charge >= 0.3 is 0 Å². The van der Waals surface area contributed by atoms with Crippen molar-refractivity contribution < 1.29 is 13.9 Å². The number of ketones is 1. The molecule has 0 aromatic heterocycles. The molecule has 0 amide bonds. The van der Waals surface area contributed by atoms with Gasteiger partial charge in [-0.1, -0.05) is 6.42 Å². The lowest BCUT2D eigenvalue weighted by molar-refractivity contribution is 0.0824. The standard InChI is InChI=1S/C16H20FNO2/c1-20-15-6-5-10(9-14(15)17)16(19)11-7-12-3-2-4-13(8-11)18-12/h5-6,9,11-13,18H,2-4,7-8H2,1H3. The molecule has 3 rings (SSSR count). The van der Waals surface area contributed by atoms with E-state index in [1.54, 1.807) is 6.07 Å². The van der Waals surface area contributed by atoms with Crippen LogP contribution in [0.3, 0.4) is 0 Å². The zero-order valence-corrected chi connectivity index (χ0v) is 11.7. The van der Waals surface area contributed by atoms with Crippen molar-refractivity contribution in [2.45, 2.75) is 44.2 Å². The van der Waals surface area contributed by atoms with E-state index in [0.29, 0.717) is 17.6 Å². The summed E-state index contributed by atoms with van der Waals surface area (Å²) in [6, 6.07) is 5.42. The van der Waals surface area contributed by atoms with Gasteiger partial charge < -0.3 is 10.1 Å². The zero-order valence-electron chi connectivity index (χ0n) is 11.7. The lowest BCUT2D eigenvalue weighted by Gasteiger charge is -2.39. The fourth-order valence-corrected chi connectivity index (χ4v) is 3.53. The van der Waals surface area contributed by atoms with Crippen LogP contribution in [-0.2, 0) is 0 Å². The molecule has 2 atom stereocenters. The number of hydrogen-bond acceptors (Lipinski definition) is 3. The third-order valence-corrected chi connectivity index (χ3v) is 4.52. The molecule has 108 valence electrons. The number of hydrogen-bond donors (Lipinski definition) is 1. The van der Waals surface area contributed by atoms with Gasteiger partial charge in [0.15, 0.2) is 17.3 Å². The molecular formula is C16H20FNO2. The second kappa shape index (κ2) is 5.52. The number of nitrogens with one attached hydrogen (secondary N) is 1. The predicted molar refractivity (Wildman–Crippen MR) is 74.6 cm³/mol. The summed E-state index contributed by atoms with van der Waals surface area (Å²) in [6.07, 6.45) is 5.31. The number of halogens is 1. The third-order valence-electron chi connectivity index (χ3n) is 4.52. The van der Waals surface area contributed by atoms with Crippen molar-refractivity contribution in [1.82, 2.24) is 5.32 Å². The molecule has 4 heteroatoms. The van der Waals surface area contributed by atoms with Crippen LogP contribution >= 0.6 is 0 Å². The average molecular weight is 277 g/mol. The Balaban J connectivity index is 1.77. The molecule has 0 spiro atoms. The fourth-order valence-electron chi connectivity index (χ4n) is 3.53. The summed E-state index contributed by atoms with van der Waals surface area (Å²) >= 11 is 0. The number of ether oxygens (including phenoxy) is 1. The quantitative estimate of drug-likeness (QED) is 0.863. The average Bonchev–Trinajstić information content (AvgIpc) is 2.46. The molecule has 0 saturated carbocycles. The molecule has 2 unspecified atom stereocenters. The first kappa shape index (κ1) is 13.6. The molecule has 0 radical (unpaired) electrons. The summed E-state index contributed by atoms with van der Waals surface area (Å²) in [5.74, 6) is -0.180. The van der Waals surface area contributed by atoms with Gasteiger partial charge in [0.1, 0.15) is 0 Å². The molecule has 2 heterocycles. The van der Waals surface area contributed by atoms with Crippen LogP contribution in [0, 0.1) is 11.7 Å². The Morgan fingerprint density at radius 2 is 2.00 bits per heavy atom. The minimum atomic E-state index is -0.465. The summed E-state index contributed by atoms with van der Waals surface area (Å²) in [4.78, 5) is 12.5. The summed E-state index contributed by atoms with van der Waals surface area (Å²) in [5.41, 5.74) is 0.466. The largest absolute Gasteiger partial charge is 0.494 e. The highest BCUT2D eigenvalue weighted by Gasteiger charge is 2.35. The number of carbonyl (C=O) groups excluding carboxylic acids is 1. The number of carbonyl (C=O) groups is 1. The summed E-state index contributed by atoms with van der Waals surface area (Å²) in [6.45, 7) is 0. The first-order chi connectivity index (χ1) is 9.67. The Kier molecular flexibility index (Phi) is 3.74. The van der Waals surface area contributed by atoms with Crippen LogP contribution in [0.25, 0.3) is 0 Å². The van der Waals surface area contributed by atoms with Crippen molar-refractivity contribution >= 4 is 5.78 Å². The maximum absolute atomic E-state index is 13.7. The number of methoxy groups -OCH3 is 1. The highest BCUT2D eigenvalue weighted by atomic mass is 19.1. The van der Waals surface area contributed by atoms with E-state index < -0.39 is 5.82 Å². The van der Waals surface area contributed by atoms with Crippen molar-refractivity contribution in [2.75, 3.05) is 7.11 Å². The van der Waals surface area contributed by atoms with E-state index in [1.165, 1.54) is 25.7 Å². The summed E-state index contributed by atoms with van der Waals surface area (Å²) < 4.78 is 18.6. The first-order valence-corrected chi connectivity index (χ1v) is 7.31. The van der Waals surface area contributed by atoms with E-state index in [-0.39, 0.29) is 17.5 Å². The van der Waals surface area contributed by atoms with Crippen molar-refractivity contribution in [3.63, 3.8) is 0 Å². The number of benzene rings is 1. The van der Waals surface area contributed by atoms with Crippen LogP contribution in [0.4, 0.5) is 4.39 Å². The van der Waals surface area contributed by atoms with Crippen molar-refractivity contribution in [3.8, 4) is 5.75 Å². The first-order valence-electron chi connectivity index (χ1n) is 7.31. The SMILES string of the molecule is COc1ccc(C(=O)C2CC3CCCC(C2)N3)cc1F.